The lowest BCUT2D eigenvalue weighted by molar-refractivity contribution is 0.0951. The number of benzene rings is 2. The lowest BCUT2D eigenvalue weighted by Crippen LogP contribution is -2.25. The maximum atomic E-state index is 13.6. The molecule has 0 saturated carbocycles. The first-order valence-electron chi connectivity index (χ1n) is 8.24. The van der Waals surface area contributed by atoms with Crippen LogP contribution in [0.2, 0.25) is 0 Å². The van der Waals surface area contributed by atoms with Crippen molar-refractivity contribution in [3.63, 3.8) is 0 Å². The Morgan fingerprint density at radius 1 is 1.12 bits per heavy atom. The van der Waals surface area contributed by atoms with E-state index in [2.05, 4.69) is 18.3 Å². The predicted octanol–water partition coefficient (Wildman–Crippen LogP) is 3.96. The number of methoxy groups -OCH3 is 1. The van der Waals surface area contributed by atoms with Crippen molar-refractivity contribution in [3.8, 4) is 11.5 Å². The number of hydrogen-bond donors (Lipinski definition) is 1. The van der Waals surface area contributed by atoms with Gasteiger partial charge in [-0.1, -0.05) is 6.07 Å². The van der Waals surface area contributed by atoms with Crippen LogP contribution < -0.4 is 14.8 Å². The van der Waals surface area contributed by atoms with E-state index in [0.717, 1.165) is 16.9 Å². The van der Waals surface area contributed by atoms with Gasteiger partial charge in [0.15, 0.2) is 11.6 Å². The van der Waals surface area contributed by atoms with Gasteiger partial charge >= 0.3 is 0 Å². The van der Waals surface area contributed by atoms with Crippen LogP contribution in [0.15, 0.2) is 30.3 Å². The highest BCUT2D eigenvalue weighted by atomic mass is 19.1. The molecule has 134 valence electrons. The smallest absolute Gasteiger partial charge is 0.251 e. The Balaban J connectivity index is 1.80. The second kappa shape index (κ2) is 8.51. The standard InChI is InChI=1S/C20H24FNO3/c1-13-10-14(2)15(3)19(11-13)25-9-5-8-22-20(23)16-6-7-18(24-4)17(21)12-16/h6-7,10-12H,5,8-9H2,1-4H3,(H,22,23). The molecule has 0 bridgehead atoms. The zero-order valence-electron chi connectivity index (χ0n) is 15.1. The summed E-state index contributed by atoms with van der Waals surface area (Å²) in [5.41, 5.74) is 3.76. The zero-order chi connectivity index (χ0) is 18.4. The highest BCUT2D eigenvalue weighted by Crippen LogP contribution is 2.23. The molecule has 2 rings (SSSR count). The predicted molar refractivity (Wildman–Crippen MR) is 96.1 cm³/mol. The minimum atomic E-state index is -0.552. The third-order valence-electron chi connectivity index (χ3n) is 4.04. The number of ether oxygens (including phenoxy) is 2. The Kier molecular flexibility index (Phi) is 6.39. The van der Waals surface area contributed by atoms with Gasteiger partial charge in [-0.15, -0.1) is 0 Å². The molecule has 0 radical (unpaired) electrons. The Hall–Kier alpha value is -2.56. The molecular weight excluding hydrogens is 321 g/mol. The average molecular weight is 345 g/mol. The first-order valence-corrected chi connectivity index (χ1v) is 8.24. The van der Waals surface area contributed by atoms with Crippen LogP contribution in [-0.2, 0) is 0 Å². The first kappa shape index (κ1) is 18.8. The number of halogens is 1. The van der Waals surface area contributed by atoms with E-state index in [9.17, 15) is 9.18 Å². The van der Waals surface area contributed by atoms with Crippen molar-refractivity contribution in [2.75, 3.05) is 20.3 Å². The van der Waals surface area contributed by atoms with Gasteiger partial charge < -0.3 is 14.8 Å². The highest BCUT2D eigenvalue weighted by Gasteiger charge is 2.10. The lowest BCUT2D eigenvalue weighted by Gasteiger charge is -2.12. The van der Waals surface area contributed by atoms with Crippen molar-refractivity contribution < 1.29 is 18.7 Å². The van der Waals surface area contributed by atoms with Crippen molar-refractivity contribution in [2.45, 2.75) is 27.2 Å². The quantitative estimate of drug-likeness (QED) is 0.773. The van der Waals surface area contributed by atoms with E-state index in [4.69, 9.17) is 9.47 Å². The number of hydrogen-bond acceptors (Lipinski definition) is 3. The van der Waals surface area contributed by atoms with E-state index < -0.39 is 5.82 Å². The van der Waals surface area contributed by atoms with E-state index in [0.29, 0.717) is 19.6 Å². The molecule has 1 N–H and O–H groups in total. The largest absolute Gasteiger partial charge is 0.494 e. The van der Waals surface area contributed by atoms with Crippen LogP contribution in [0.25, 0.3) is 0 Å². The third kappa shape index (κ3) is 4.95. The first-order chi connectivity index (χ1) is 11.9. The highest BCUT2D eigenvalue weighted by molar-refractivity contribution is 5.94. The van der Waals surface area contributed by atoms with Crippen molar-refractivity contribution in [1.82, 2.24) is 5.32 Å². The van der Waals surface area contributed by atoms with Crippen LogP contribution in [0.3, 0.4) is 0 Å². The van der Waals surface area contributed by atoms with E-state index in [1.54, 1.807) is 0 Å². The Labute approximate surface area is 148 Å². The van der Waals surface area contributed by atoms with Crippen LogP contribution in [-0.4, -0.2) is 26.2 Å². The molecule has 4 nitrogen and oxygen atoms in total. The number of rotatable bonds is 7. The van der Waals surface area contributed by atoms with Crippen molar-refractivity contribution in [2.24, 2.45) is 0 Å². The fraction of sp³-hybridized carbons (Fsp3) is 0.350. The van der Waals surface area contributed by atoms with E-state index in [1.807, 2.05) is 19.9 Å². The molecule has 0 aliphatic carbocycles. The van der Waals surface area contributed by atoms with Gasteiger partial charge in [0.05, 0.1) is 13.7 Å². The summed E-state index contributed by atoms with van der Waals surface area (Å²) >= 11 is 0. The molecule has 0 fully saturated rings. The Bertz CT molecular complexity index is 759. The molecule has 5 heteroatoms. The normalized spacial score (nSPS) is 10.4. The van der Waals surface area contributed by atoms with Gasteiger partial charge in [-0.2, -0.15) is 0 Å². The summed E-state index contributed by atoms with van der Waals surface area (Å²) in [5.74, 6) is 0.128. The number of carbonyl (C=O) groups excluding carboxylic acids is 1. The second-order valence-corrected chi connectivity index (χ2v) is 6.01. The number of nitrogens with one attached hydrogen (secondary N) is 1. The van der Waals surface area contributed by atoms with Gasteiger partial charge in [-0.05, 0) is 68.1 Å². The molecule has 0 heterocycles. The molecule has 1 amide bonds. The van der Waals surface area contributed by atoms with Gasteiger partial charge in [0, 0.05) is 12.1 Å². The van der Waals surface area contributed by atoms with Crippen LogP contribution in [0.5, 0.6) is 11.5 Å². The summed E-state index contributed by atoms with van der Waals surface area (Å²) in [6.07, 6.45) is 0.663. The number of aryl methyl sites for hydroxylation is 2. The van der Waals surface area contributed by atoms with Gasteiger partial charge in [-0.25, -0.2) is 4.39 Å². The molecule has 0 spiro atoms. The molecule has 25 heavy (non-hydrogen) atoms. The minimum Gasteiger partial charge on any atom is -0.494 e. The van der Waals surface area contributed by atoms with Gasteiger partial charge in [0.2, 0.25) is 0 Å². The lowest BCUT2D eigenvalue weighted by atomic mass is 10.1. The van der Waals surface area contributed by atoms with Gasteiger partial charge in [0.1, 0.15) is 5.75 Å². The summed E-state index contributed by atoms with van der Waals surface area (Å²) in [4.78, 5) is 12.0. The summed E-state index contributed by atoms with van der Waals surface area (Å²) in [5, 5.41) is 2.76. The van der Waals surface area contributed by atoms with Crippen LogP contribution in [0, 0.1) is 26.6 Å². The molecule has 0 saturated heterocycles. The molecule has 0 aliphatic rings. The molecule has 0 atom stereocenters. The van der Waals surface area contributed by atoms with Crippen molar-refractivity contribution in [3.05, 3.63) is 58.4 Å². The molecule has 0 unspecified atom stereocenters. The van der Waals surface area contributed by atoms with Crippen LogP contribution in [0.1, 0.15) is 33.5 Å². The Morgan fingerprint density at radius 2 is 1.88 bits per heavy atom. The monoisotopic (exact) mass is 345 g/mol. The summed E-state index contributed by atoms with van der Waals surface area (Å²) < 4.78 is 24.3. The number of carbonyl (C=O) groups is 1. The summed E-state index contributed by atoms with van der Waals surface area (Å²) in [7, 11) is 1.38. The fourth-order valence-corrected chi connectivity index (χ4v) is 2.52. The maximum absolute atomic E-state index is 13.6. The van der Waals surface area contributed by atoms with Crippen molar-refractivity contribution >= 4 is 5.91 Å². The summed E-state index contributed by atoms with van der Waals surface area (Å²) in [6.45, 7) is 7.08. The zero-order valence-corrected chi connectivity index (χ0v) is 15.1. The topological polar surface area (TPSA) is 47.6 Å². The Morgan fingerprint density at radius 3 is 2.56 bits per heavy atom. The number of amides is 1. The molecule has 2 aromatic rings. The second-order valence-electron chi connectivity index (χ2n) is 6.01. The van der Waals surface area contributed by atoms with Crippen LogP contribution >= 0.6 is 0 Å². The minimum absolute atomic E-state index is 0.119. The van der Waals surface area contributed by atoms with Gasteiger partial charge in [-0.3, -0.25) is 4.79 Å². The molecule has 0 aromatic heterocycles. The van der Waals surface area contributed by atoms with E-state index >= 15 is 0 Å². The van der Waals surface area contributed by atoms with Crippen LogP contribution in [0.4, 0.5) is 4.39 Å². The fourth-order valence-electron chi connectivity index (χ4n) is 2.52. The summed E-state index contributed by atoms with van der Waals surface area (Å²) in [6, 6.07) is 8.28. The SMILES string of the molecule is COc1ccc(C(=O)NCCCOc2cc(C)cc(C)c2C)cc1F. The molecular formula is C20H24FNO3. The maximum Gasteiger partial charge on any atom is 0.251 e. The van der Waals surface area contributed by atoms with Crippen molar-refractivity contribution in [1.29, 1.82) is 0 Å². The third-order valence-corrected chi connectivity index (χ3v) is 4.04. The average Bonchev–Trinajstić information content (AvgIpc) is 2.58. The van der Waals surface area contributed by atoms with E-state index in [-0.39, 0.29) is 17.2 Å². The molecule has 0 aliphatic heterocycles. The van der Waals surface area contributed by atoms with E-state index in [1.165, 1.54) is 30.9 Å². The van der Waals surface area contributed by atoms with Gasteiger partial charge in [0.25, 0.3) is 5.91 Å². The molecule has 2 aromatic carbocycles.